The van der Waals surface area contributed by atoms with Crippen molar-refractivity contribution in [2.45, 2.75) is 38.5 Å². The van der Waals surface area contributed by atoms with E-state index in [1.54, 1.807) is 6.20 Å². The first kappa shape index (κ1) is 15.3. The zero-order chi connectivity index (χ0) is 16.2. The van der Waals surface area contributed by atoms with Crippen LogP contribution in [0.2, 0.25) is 0 Å². The lowest BCUT2D eigenvalue weighted by molar-refractivity contribution is 0.130. The van der Waals surface area contributed by atoms with Crippen molar-refractivity contribution in [3.05, 3.63) is 59.9 Å². The molecule has 5 heteroatoms. The van der Waals surface area contributed by atoms with E-state index >= 15 is 0 Å². The number of pyridine rings is 1. The van der Waals surface area contributed by atoms with E-state index in [1.165, 1.54) is 0 Å². The van der Waals surface area contributed by atoms with Crippen molar-refractivity contribution in [1.82, 2.24) is 10.3 Å². The molecule has 0 saturated carbocycles. The summed E-state index contributed by atoms with van der Waals surface area (Å²) < 4.78 is 11.1. The molecule has 0 aliphatic carbocycles. The molecule has 1 aliphatic heterocycles. The van der Waals surface area contributed by atoms with Crippen LogP contribution in [0, 0.1) is 0 Å². The molecule has 0 saturated heterocycles. The van der Waals surface area contributed by atoms with Gasteiger partial charge in [0.15, 0.2) is 0 Å². The summed E-state index contributed by atoms with van der Waals surface area (Å²) in [6.07, 6.45) is 1.27. The number of carbonyl (C=O) groups excluding carboxylic acids is 1. The third kappa shape index (κ3) is 3.44. The summed E-state index contributed by atoms with van der Waals surface area (Å²) in [7, 11) is 0. The van der Waals surface area contributed by atoms with Gasteiger partial charge in [0.05, 0.1) is 11.6 Å². The van der Waals surface area contributed by atoms with Crippen molar-refractivity contribution in [1.29, 1.82) is 0 Å². The van der Waals surface area contributed by atoms with Gasteiger partial charge in [-0.1, -0.05) is 30.3 Å². The van der Waals surface area contributed by atoms with Crippen molar-refractivity contribution in [2.75, 3.05) is 0 Å². The maximum Gasteiger partial charge on any atom is 0.407 e. The van der Waals surface area contributed by atoms with Gasteiger partial charge in [-0.15, -0.1) is 0 Å². The molecule has 2 heterocycles. The van der Waals surface area contributed by atoms with E-state index in [0.29, 0.717) is 0 Å². The highest BCUT2D eigenvalue weighted by Crippen LogP contribution is 2.38. The Morgan fingerprint density at radius 2 is 2.09 bits per heavy atom. The molecule has 3 atom stereocenters. The number of ether oxygens (including phenoxy) is 2. The highest BCUT2D eigenvalue weighted by Gasteiger charge is 2.37. The van der Waals surface area contributed by atoms with Crippen LogP contribution in [0.15, 0.2) is 48.7 Å². The van der Waals surface area contributed by atoms with Crippen LogP contribution in [0.5, 0.6) is 5.75 Å². The predicted octanol–water partition coefficient (Wildman–Crippen LogP) is 3.26. The van der Waals surface area contributed by atoms with Gasteiger partial charge in [-0.25, -0.2) is 4.79 Å². The molecule has 0 fully saturated rings. The molecule has 0 radical (unpaired) electrons. The Labute approximate surface area is 135 Å². The van der Waals surface area contributed by atoms with Gasteiger partial charge in [0, 0.05) is 12.2 Å². The molecule has 1 aromatic carbocycles. The smallest absolute Gasteiger partial charge is 0.407 e. The molecule has 1 N–H and O–H groups in total. The molecule has 120 valence electrons. The molecule has 1 amide bonds. The van der Waals surface area contributed by atoms with Crippen molar-refractivity contribution in [3.8, 4) is 5.75 Å². The van der Waals surface area contributed by atoms with Gasteiger partial charge in [0.25, 0.3) is 0 Å². The Morgan fingerprint density at radius 3 is 2.87 bits per heavy atom. The summed E-state index contributed by atoms with van der Waals surface area (Å²) in [5.74, 6) is 0.798. The number of alkyl carbamates (subject to hydrolysis) is 1. The molecule has 1 aliphatic rings. The van der Waals surface area contributed by atoms with E-state index in [4.69, 9.17) is 9.47 Å². The van der Waals surface area contributed by atoms with E-state index in [9.17, 15) is 4.79 Å². The first-order valence-corrected chi connectivity index (χ1v) is 7.74. The Kier molecular flexibility index (Phi) is 4.46. The van der Waals surface area contributed by atoms with Crippen LogP contribution >= 0.6 is 0 Å². The maximum atomic E-state index is 12.0. The number of benzene rings is 1. The fourth-order valence-electron chi connectivity index (χ4n) is 2.93. The van der Waals surface area contributed by atoms with Crippen molar-refractivity contribution in [2.24, 2.45) is 0 Å². The van der Waals surface area contributed by atoms with Crippen LogP contribution in [0.1, 0.15) is 31.0 Å². The molecular formula is C18H20N2O3. The number of hydrogen-bond donors (Lipinski definition) is 1. The third-order valence-corrected chi connectivity index (χ3v) is 4.03. The molecule has 0 bridgehead atoms. The van der Waals surface area contributed by atoms with Crippen LogP contribution in [0.3, 0.4) is 0 Å². The van der Waals surface area contributed by atoms with Gasteiger partial charge in [-0.05, 0) is 31.5 Å². The van der Waals surface area contributed by atoms with Gasteiger partial charge in [0.2, 0.25) is 0 Å². The summed E-state index contributed by atoms with van der Waals surface area (Å²) in [5, 5.41) is 2.88. The zero-order valence-electron chi connectivity index (χ0n) is 13.2. The minimum absolute atomic E-state index is 0.00970. The van der Waals surface area contributed by atoms with Crippen LogP contribution in [-0.2, 0) is 11.3 Å². The van der Waals surface area contributed by atoms with E-state index in [0.717, 1.165) is 17.0 Å². The van der Waals surface area contributed by atoms with E-state index in [2.05, 4.69) is 10.3 Å². The van der Waals surface area contributed by atoms with Crippen molar-refractivity contribution < 1.29 is 14.3 Å². The number of fused-ring (bicyclic) bond motifs is 1. The van der Waals surface area contributed by atoms with Crippen molar-refractivity contribution in [3.63, 3.8) is 0 Å². The predicted molar refractivity (Wildman–Crippen MR) is 86.3 cm³/mol. The zero-order valence-corrected chi connectivity index (χ0v) is 13.2. The number of nitrogens with one attached hydrogen (secondary N) is 1. The average Bonchev–Trinajstić information content (AvgIpc) is 2.89. The largest absolute Gasteiger partial charge is 0.488 e. The van der Waals surface area contributed by atoms with E-state index in [-0.39, 0.29) is 24.7 Å². The first-order chi connectivity index (χ1) is 11.1. The normalized spacial score (nSPS) is 20.3. The van der Waals surface area contributed by atoms with Gasteiger partial charge >= 0.3 is 6.09 Å². The number of rotatable bonds is 4. The number of hydrogen-bond acceptors (Lipinski definition) is 4. The van der Waals surface area contributed by atoms with Gasteiger partial charge in [-0.3, -0.25) is 4.98 Å². The Balaban J connectivity index is 1.58. The summed E-state index contributed by atoms with van der Waals surface area (Å²) in [4.78, 5) is 16.4. The second kappa shape index (κ2) is 6.69. The Hall–Kier alpha value is -2.56. The van der Waals surface area contributed by atoms with Crippen LogP contribution < -0.4 is 10.1 Å². The minimum Gasteiger partial charge on any atom is -0.488 e. The van der Waals surface area contributed by atoms with Gasteiger partial charge in [-0.2, -0.15) is 0 Å². The average molecular weight is 312 g/mol. The summed E-state index contributed by atoms with van der Waals surface area (Å²) in [6.45, 7) is 4.18. The van der Waals surface area contributed by atoms with Crippen molar-refractivity contribution >= 4 is 6.09 Å². The lowest BCUT2D eigenvalue weighted by atomic mass is 9.93. The van der Waals surface area contributed by atoms with Crippen LogP contribution in [0.25, 0.3) is 0 Å². The fourth-order valence-corrected chi connectivity index (χ4v) is 2.93. The molecule has 23 heavy (non-hydrogen) atoms. The van der Waals surface area contributed by atoms with E-state index < -0.39 is 6.09 Å². The van der Waals surface area contributed by atoms with Gasteiger partial charge in [0.1, 0.15) is 18.5 Å². The summed E-state index contributed by atoms with van der Waals surface area (Å²) in [6, 6.07) is 13.2. The Morgan fingerprint density at radius 1 is 1.30 bits per heavy atom. The number of amides is 1. The number of nitrogens with zero attached hydrogens (tertiary/aromatic N) is 1. The number of aromatic nitrogens is 1. The fraction of sp³-hybridized carbons (Fsp3) is 0.333. The Bertz CT molecular complexity index is 675. The summed E-state index contributed by atoms with van der Waals surface area (Å²) in [5.41, 5.74) is 1.84. The molecule has 1 aromatic heterocycles. The quantitative estimate of drug-likeness (QED) is 0.941. The molecule has 2 aromatic rings. The topological polar surface area (TPSA) is 60.5 Å². The molecule has 3 rings (SSSR count). The van der Waals surface area contributed by atoms with Crippen LogP contribution in [0.4, 0.5) is 4.79 Å². The molecule has 5 nitrogen and oxygen atoms in total. The van der Waals surface area contributed by atoms with Crippen LogP contribution in [-0.4, -0.2) is 23.2 Å². The SMILES string of the molecule is C[C@@H](NC(=O)OCc1ccccc1)[C@H]1c2ncccc2O[C@@H]1C. The molecular weight excluding hydrogens is 292 g/mol. The second-order valence-electron chi connectivity index (χ2n) is 5.73. The lowest BCUT2D eigenvalue weighted by Gasteiger charge is -2.22. The minimum atomic E-state index is -0.432. The second-order valence-corrected chi connectivity index (χ2v) is 5.73. The summed E-state index contributed by atoms with van der Waals surface area (Å²) >= 11 is 0. The number of carbonyl (C=O) groups is 1. The standard InChI is InChI=1S/C18H20N2O3/c1-12(16-13(2)23-15-9-6-10-19-17(15)16)20-18(21)22-11-14-7-4-3-5-8-14/h3-10,12-13,16H,11H2,1-2H3,(H,20,21)/t12-,13-,16-/m1/s1. The highest BCUT2D eigenvalue weighted by atomic mass is 16.5. The van der Waals surface area contributed by atoms with E-state index in [1.807, 2.05) is 56.3 Å². The molecule has 0 spiro atoms. The monoisotopic (exact) mass is 312 g/mol. The first-order valence-electron chi connectivity index (χ1n) is 7.74. The maximum absolute atomic E-state index is 12.0. The third-order valence-electron chi connectivity index (χ3n) is 4.03. The molecule has 0 unspecified atom stereocenters. The highest BCUT2D eigenvalue weighted by molar-refractivity contribution is 5.67. The van der Waals surface area contributed by atoms with Gasteiger partial charge < -0.3 is 14.8 Å². The lowest BCUT2D eigenvalue weighted by Crippen LogP contribution is -2.40.